The van der Waals surface area contributed by atoms with Crippen molar-refractivity contribution in [2.75, 3.05) is 0 Å². The molecule has 0 radical (unpaired) electrons. The van der Waals surface area contributed by atoms with Gasteiger partial charge in [0.15, 0.2) is 9.84 Å². The summed E-state index contributed by atoms with van der Waals surface area (Å²) in [7, 11) is -3.67. The van der Waals surface area contributed by atoms with Crippen LogP contribution in [0.1, 0.15) is 20.8 Å². The third-order valence-corrected chi connectivity index (χ3v) is 6.66. The Bertz CT molecular complexity index is 812. The summed E-state index contributed by atoms with van der Waals surface area (Å²) in [5.74, 6) is -1.39. The van der Waals surface area contributed by atoms with Crippen molar-refractivity contribution in [3.63, 3.8) is 0 Å². The third kappa shape index (κ3) is 3.66. The second kappa shape index (κ2) is 6.08. The Morgan fingerprint density at radius 2 is 2.05 bits per heavy atom. The van der Waals surface area contributed by atoms with Crippen LogP contribution >= 0.6 is 38.9 Å². The number of carboxylic acid groups (broad SMARTS) is 1. The second-order valence-electron chi connectivity index (χ2n) is 4.35. The van der Waals surface area contributed by atoms with Gasteiger partial charge in [-0.25, -0.2) is 13.2 Å². The highest BCUT2D eigenvalue weighted by molar-refractivity contribution is 9.11. The molecule has 0 atom stereocenters. The van der Waals surface area contributed by atoms with E-state index in [9.17, 15) is 13.2 Å². The molecule has 0 amide bonds. The molecule has 2 rings (SSSR count). The minimum atomic E-state index is -3.67. The van der Waals surface area contributed by atoms with E-state index in [0.717, 1.165) is 3.79 Å². The van der Waals surface area contributed by atoms with Crippen molar-refractivity contribution >= 4 is 54.7 Å². The molecule has 21 heavy (non-hydrogen) atoms. The standard InChI is InChI=1S/C13H10BrClO4S2/c1-7-10(13(16)17)4-8(15)5-11(7)21(18,19)6-9-2-3-12(14)20-9/h2-5H,6H2,1H3,(H,16,17). The Morgan fingerprint density at radius 1 is 1.38 bits per heavy atom. The van der Waals surface area contributed by atoms with E-state index in [1.807, 2.05) is 0 Å². The Balaban J connectivity index is 2.52. The molecule has 1 aromatic carbocycles. The zero-order valence-corrected chi connectivity index (χ0v) is 14.7. The van der Waals surface area contributed by atoms with Gasteiger partial charge < -0.3 is 5.11 Å². The fourth-order valence-corrected chi connectivity index (χ4v) is 5.67. The maximum absolute atomic E-state index is 12.5. The van der Waals surface area contributed by atoms with Gasteiger partial charge in [-0.1, -0.05) is 11.6 Å². The smallest absolute Gasteiger partial charge is 0.336 e. The van der Waals surface area contributed by atoms with Crippen LogP contribution in [-0.4, -0.2) is 19.5 Å². The number of halogens is 2. The zero-order chi connectivity index (χ0) is 15.8. The molecule has 1 aromatic heterocycles. The molecule has 0 aliphatic heterocycles. The van der Waals surface area contributed by atoms with Gasteiger partial charge in [0.05, 0.1) is 20.0 Å². The Kier molecular flexibility index (Phi) is 4.77. The lowest BCUT2D eigenvalue weighted by atomic mass is 10.1. The maximum Gasteiger partial charge on any atom is 0.336 e. The summed E-state index contributed by atoms with van der Waals surface area (Å²) in [6.45, 7) is 1.47. The van der Waals surface area contributed by atoms with Gasteiger partial charge in [-0.3, -0.25) is 0 Å². The van der Waals surface area contributed by atoms with Crippen LogP contribution in [0.25, 0.3) is 0 Å². The lowest BCUT2D eigenvalue weighted by Gasteiger charge is -2.10. The van der Waals surface area contributed by atoms with E-state index in [-0.39, 0.29) is 26.8 Å². The number of carboxylic acids is 1. The van der Waals surface area contributed by atoms with E-state index in [1.54, 1.807) is 12.1 Å². The molecule has 2 aromatic rings. The molecule has 0 aliphatic carbocycles. The number of benzene rings is 1. The van der Waals surface area contributed by atoms with E-state index < -0.39 is 15.8 Å². The number of carbonyl (C=O) groups is 1. The van der Waals surface area contributed by atoms with Crippen molar-refractivity contribution in [2.24, 2.45) is 0 Å². The lowest BCUT2D eigenvalue weighted by Crippen LogP contribution is -2.10. The zero-order valence-electron chi connectivity index (χ0n) is 10.8. The topological polar surface area (TPSA) is 71.4 Å². The van der Waals surface area contributed by atoms with Crippen molar-refractivity contribution in [2.45, 2.75) is 17.6 Å². The normalized spacial score (nSPS) is 11.6. The summed E-state index contributed by atoms with van der Waals surface area (Å²) < 4.78 is 25.8. The first-order valence-electron chi connectivity index (χ1n) is 5.71. The molecule has 0 saturated carbocycles. The minimum absolute atomic E-state index is 0.0445. The van der Waals surface area contributed by atoms with Crippen LogP contribution in [0, 0.1) is 6.92 Å². The van der Waals surface area contributed by atoms with Crippen LogP contribution in [0.2, 0.25) is 5.02 Å². The van der Waals surface area contributed by atoms with Crippen LogP contribution in [0.3, 0.4) is 0 Å². The Hall–Kier alpha value is -0.890. The Morgan fingerprint density at radius 3 is 2.57 bits per heavy atom. The average molecular weight is 410 g/mol. The van der Waals surface area contributed by atoms with E-state index in [4.69, 9.17) is 16.7 Å². The molecule has 1 heterocycles. The fraction of sp³-hybridized carbons (Fsp3) is 0.154. The highest BCUT2D eigenvalue weighted by atomic mass is 79.9. The molecule has 4 nitrogen and oxygen atoms in total. The number of aromatic carboxylic acids is 1. The average Bonchev–Trinajstić information content (AvgIpc) is 2.76. The number of sulfone groups is 1. The van der Waals surface area contributed by atoms with Gasteiger partial charge in [-0.15, -0.1) is 11.3 Å². The van der Waals surface area contributed by atoms with Crippen molar-refractivity contribution in [1.29, 1.82) is 0 Å². The van der Waals surface area contributed by atoms with Gasteiger partial charge in [0.1, 0.15) is 0 Å². The van der Waals surface area contributed by atoms with E-state index in [2.05, 4.69) is 15.9 Å². The summed E-state index contributed by atoms with van der Waals surface area (Å²) in [4.78, 5) is 11.8. The molecular weight excluding hydrogens is 400 g/mol. The fourth-order valence-electron chi connectivity index (χ4n) is 1.89. The van der Waals surface area contributed by atoms with Gasteiger partial charge in [0.2, 0.25) is 0 Å². The van der Waals surface area contributed by atoms with Crippen molar-refractivity contribution in [3.05, 3.63) is 49.1 Å². The molecule has 8 heteroatoms. The van der Waals surface area contributed by atoms with E-state index in [0.29, 0.717) is 4.88 Å². The molecular formula is C13H10BrClO4S2. The molecule has 1 N–H and O–H groups in total. The predicted molar refractivity (Wildman–Crippen MR) is 86.1 cm³/mol. The number of rotatable bonds is 4. The highest BCUT2D eigenvalue weighted by Crippen LogP contribution is 2.30. The molecule has 0 saturated heterocycles. The first kappa shape index (κ1) is 16.5. The van der Waals surface area contributed by atoms with Crippen molar-refractivity contribution in [3.8, 4) is 0 Å². The van der Waals surface area contributed by atoms with Gasteiger partial charge >= 0.3 is 5.97 Å². The number of hydrogen-bond acceptors (Lipinski definition) is 4. The second-order valence-corrected chi connectivity index (χ2v) is 9.29. The number of thiophene rings is 1. The first-order valence-corrected chi connectivity index (χ1v) is 9.35. The summed E-state index contributed by atoms with van der Waals surface area (Å²) in [6, 6.07) is 6.02. The van der Waals surface area contributed by atoms with Gasteiger partial charge in [-0.2, -0.15) is 0 Å². The van der Waals surface area contributed by atoms with Crippen molar-refractivity contribution < 1.29 is 18.3 Å². The molecule has 112 valence electrons. The molecule has 0 fully saturated rings. The molecule has 0 spiro atoms. The molecule has 0 aliphatic rings. The van der Waals surface area contributed by atoms with Gasteiger partial charge in [0, 0.05) is 9.90 Å². The summed E-state index contributed by atoms with van der Waals surface area (Å²) in [6.07, 6.45) is 0. The van der Waals surface area contributed by atoms with E-state index >= 15 is 0 Å². The largest absolute Gasteiger partial charge is 0.478 e. The Labute approximate surface area is 139 Å². The highest BCUT2D eigenvalue weighted by Gasteiger charge is 2.23. The first-order chi connectivity index (χ1) is 9.70. The maximum atomic E-state index is 12.5. The van der Waals surface area contributed by atoms with Crippen LogP contribution < -0.4 is 0 Å². The van der Waals surface area contributed by atoms with Crippen LogP contribution in [0.4, 0.5) is 0 Å². The van der Waals surface area contributed by atoms with Crippen LogP contribution in [0.15, 0.2) is 32.9 Å². The number of hydrogen-bond donors (Lipinski definition) is 1. The minimum Gasteiger partial charge on any atom is -0.478 e. The van der Waals surface area contributed by atoms with Crippen molar-refractivity contribution in [1.82, 2.24) is 0 Å². The van der Waals surface area contributed by atoms with E-state index in [1.165, 1.54) is 30.4 Å². The predicted octanol–water partition coefficient (Wildman–Crippen LogP) is 4.14. The molecule has 0 bridgehead atoms. The summed E-state index contributed by atoms with van der Waals surface area (Å²) >= 11 is 10.4. The lowest BCUT2D eigenvalue weighted by molar-refractivity contribution is 0.0696. The summed E-state index contributed by atoms with van der Waals surface area (Å²) in [5.41, 5.74) is 0.0935. The SMILES string of the molecule is Cc1c(C(=O)O)cc(Cl)cc1S(=O)(=O)Cc1ccc(Br)s1. The monoisotopic (exact) mass is 408 g/mol. The quantitative estimate of drug-likeness (QED) is 0.823. The third-order valence-electron chi connectivity index (χ3n) is 2.85. The van der Waals surface area contributed by atoms with Crippen LogP contribution in [-0.2, 0) is 15.6 Å². The van der Waals surface area contributed by atoms with Gasteiger partial charge in [-0.05, 0) is 52.7 Å². The van der Waals surface area contributed by atoms with Crippen LogP contribution in [0.5, 0.6) is 0 Å². The van der Waals surface area contributed by atoms with Gasteiger partial charge in [0.25, 0.3) is 0 Å². The molecule has 0 unspecified atom stereocenters. The summed E-state index contributed by atoms with van der Waals surface area (Å²) in [5, 5.41) is 9.20.